The van der Waals surface area contributed by atoms with E-state index in [1.807, 2.05) is 0 Å². The van der Waals surface area contributed by atoms with Crippen molar-refractivity contribution in [3.05, 3.63) is 23.9 Å². The number of pyridine rings is 1. The molecule has 2 rings (SSSR count). The molecule has 0 aromatic carbocycles. The molecule has 5 nitrogen and oxygen atoms in total. The summed E-state index contributed by atoms with van der Waals surface area (Å²) < 4.78 is 0. The van der Waals surface area contributed by atoms with Gasteiger partial charge in [-0.3, -0.25) is 4.79 Å². The number of rotatable bonds is 0. The highest BCUT2D eigenvalue weighted by molar-refractivity contribution is 5.98. The normalized spacial score (nSPS) is 16.2. The van der Waals surface area contributed by atoms with Crippen molar-refractivity contribution in [2.24, 2.45) is 0 Å². The molecule has 1 amide bonds. The van der Waals surface area contributed by atoms with Gasteiger partial charge >= 0.3 is 0 Å². The van der Waals surface area contributed by atoms with E-state index in [9.17, 15) is 4.79 Å². The molecule has 0 bridgehead atoms. The molecule has 1 aliphatic heterocycles. The van der Waals surface area contributed by atoms with Crippen molar-refractivity contribution in [2.75, 3.05) is 18.5 Å². The zero-order valence-electron chi connectivity index (χ0n) is 7.00. The van der Waals surface area contributed by atoms with Crippen molar-refractivity contribution in [1.82, 2.24) is 15.7 Å². The Bertz CT molecular complexity index is 326. The van der Waals surface area contributed by atoms with Crippen molar-refractivity contribution in [3.8, 4) is 0 Å². The number of anilines is 1. The minimum Gasteiger partial charge on any atom is -0.351 e. The van der Waals surface area contributed by atoms with Crippen molar-refractivity contribution in [1.29, 1.82) is 0 Å². The van der Waals surface area contributed by atoms with Crippen molar-refractivity contribution in [3.63, 3.8) is 0 Å². The van der Waals surface area contributed by atoms with Gasteiger partial charge in [0.25, 0.3) is 5.91 Å². The molecule has 1 aromatic heterocycles. The van der Waals surface area contributed by atoms with Gasteiger partial charge in [-0.25, -0.2) is 10.4 Å². The van der Waals surface area contributed by atoms with E-state index in [1.54, 1.807) is 18.3 Å². The predicted octanol–water partition coefficient (Wildman–Crippen LogP) is -0.259. The number of nitrogens with one attached hydrogen (secondary N) is 3. The van der Waals surface area contributed by atoms with Crippen molar-refractivity contribution >= 4 is 11.7 Å². The summed E-state index contributed by atoms with van der Waals surface area (Å²) in [7, 11) is 0. The maximum absolute atomic E-state index is 11.4. The third-order valence-corrected chi connectivity index (χ3v) is 1.79. The fourth-order valence-corrected chi connectivity index (χ4v) is 1.17. The number of amides is 1. The smallest absolute Gasteiger partial charge is 0.255 e. The first-order valence-corrected chi connectivity index (χ1v) is 4.10. The molecule has 0 saturated carbocycles. The molecule has 0 fully saturated rings. The predicted molar refractivity (Wildman–Crippen MR) is 48.2 cm³/mol. The Hall–Kier alpha value is -1.62. The van der Waals surface area contributed by atoms with Crippen LogP contribution in [0.4, 0.5) is 5.82 Å². The fraction of sp³-hybridized carbons (Fsp3) is 0.250. The fourth-order valence-electron chi connectivity index (χ4n) is 1.17. The van der Waals surface area contributed by atoms with E-state index in [-0.39, 0.29) is 5.91 Å². The standard InChI is InChI=1S/C8H10N4O/c13-8-6-2-1-3-9-7(6)12-11-5-4-10-8/h1-3,11H,4-5H2,(H,9,12)(H,10,13). The van der Waals surface area contributed by atoms with Gasteiger partial charge < -0.3 is 10.7 Å². The maximum atomic E-state index is 11.4. The van der Waals surface area contributed by atoms with Gasteiger partial charge in [-0.1, -0.05) is 0 Å². The number of hydrogen-bond acceptors (Lipinski definition) is 4. The van der Waals surface area contributed by atoms with E-state index in [0.717, 1.165) is 0 Å². The van der Waals surface area contributed by atoms with E-state index >= 15 is 0 Å². The first-order chi connectivity index (χ1) is 6.38. The molecular weight excluding hydrogens is 168 g/mol. The molecule has 5 heteroatoms. The lowest BCUT2D eigenvalue weighted by atomic mass is 10.2. The summed E-state index contributed by atoms with van der Waals surface area (Å²) in [6, 6.07) is 3.47. The Labute approximate surface area is 75.5 Å². The van der Waals surface area contributed by atoms with Crippen LogP contribution in [0.15, 0.2) is 18.3 Å². The summed E-state index contributed by atoms with van der Waals surface area (Å²) in [4.78, 5) is 15.5. The Kier molecular flexibility index (Phi) is 2.09. The lowest BCUT2D eigenvalue weighted by Gasteiger charge is -2.15. The van der Waals surface area contributed by atoms with Gasteiger partial charge in [-0.05, 0) is 12.1 Å². The summed E-state index contributed by atoms with van der Waals surface area (Å²) in [5.41, 5.74) is 6.37. The average molecular weight is 178 g/mol. The number of carbonyl (C=O) groups excluding carboxylic acids is 1. The maximum Gasteiger partial charge on any atom is 0.255 e. The highest BCUT2D eigenvalue weighted by Gasteiger charge is 2.12. The van der Waals surface area contributed by atoms with Crippen LogP contribution in [0, 0.1) is 0 Å². The highest BCUT2D eigenvalue weighted by Crippen LogP contribution is 2.10. The van der Waals surface area contributed by atoms with Gasteiger partial charge in [0.15, 0.2) is 5.82 Å². The number of aromatic nitrogens is 1. The Morgan fingerprint density at radius 3 is 3.23 bits per heavy atom. The molecule has 1 aliphatic rings. The van der Waals surface area contributed by atoms with E-state index in [0.29, 0.717) is 24.5 Å². The minimum absolute atomic E-state index is 0.0860. The van der Waals surface area contributed by atoms with Gasteiger partial charge in [-0.15, -0.1) is 0 Å². The minimum atomic E-state index is -0.0860. The SMILES string of the molecule is O=C1NCCNNc2ncccc21. The van der Waals surface area contributed by atoms with Crippen LogP contribution in [-0.4, -0.2) is 24.0 Å². The molecule has 1 aromatic rings. The van der Waals surface area contributed by atoms with Crippen LogP contribution in [0.1, 0.15) is 10.4 Å². The second-order valence-corrected chi connectivity index (χ2v) is 2.71. The molecule has 0 atom stereocenters. The largest absolute Gasteiger partial charge is 0.351 e. The van der Waals surface area contributed by atoms with Crippen LogP contribution < -0.4 is 16.2 Å². The summed E-state index contributed by atoms with van der Waals surface area (Å²) in [5, 5.41) is 2.76. The third-order valence-electron chi connectivity index (χ3n) is 1.79. The van der Waals surface area contributed by atoms with E-state index < -0.39 is 0 Å². The molecule has 0 aliphatic carbocycles. The Balaban J connectivity index is 2.37. The molecule has 0 unspecified atom stereocenters. The van der Waals surface area contributed by atoms with Gasteiger partial charge in [-0.2, -0.15) is 0 Å². The zero-order valence-corrected chi connectivity index (χ0v) is 7.00. The lowest BCUT2D eigenvalue weighted by molar-refractivity contribution is 0.0953. The van der Waals surface area contributed by atoms with Crippen LogP contribution in [0.3, 0.4) is 0 Å². The number of hydrazine groups is 1. The highest BCUT2D eigenvalue weighted by atomic mass is 16.1. The second kappa shape index (κ2) is 3.40. The number of carbonyl (C=O) groups is 1. The Morgan fingerprint density at radius 2 is 2.31 bits per heavy atom. The van der Waals surface area contributed by atoms with Gasteiger partial charge in [0.2, 0.25) is 0 Å². The van der Waals surface area contributed by atoms with E-state index in [1.165, 1.54) is 0 Å². The summed E-state index contributed by atoms with van der Waals surface area (Å²) >= 11 is 0. The van der Waals surface area contributed by atoms with Crippen LogP contribution in [0.2, 0.25) is 0 Å². The van der Waals surface area contributed by atoms with Gasteiger partial charge in [0.1, 0.15) is 0 Å². The average Bonchev–Trinajstić information content (AvgIpc) is 2.14. The number of nitrogens with zero attached hydrogens (tertiary/aromatic N) is 1. The van der Waals surface area contributed by atoms with Crippen molar-refractivity contribution < 1.29 is 4.79 Å². The summed E-state index contributed by atoms with van der Waals surface area (Å²) in [6.45, 7) is 1.29. The van der Waals surface area contributed by atoms with Crippen LogP contribution in [0.25, 0.3) is 0 Å². The van der Waals surface area contributed by atoms with E-state index in [2.05, 4.69) is 21.2 Å². The monoisotopic (exact) mass is 178 g/mol. The van der Waals surface area contributed by atoms with Crippen LogP contribution in [-0.2, 0) is 0 Å². The van der Waals surface area contributed by atoms with Crippen molar-refractivity contribution in [2.45, 2.75) is 0 Å². The molecule has 0 saturated heterocycles. The topological polar surface area (TPSA) is 66.1 Å². The van der Waals surface area contributed by atoms with Gasteiger partial charge in [0, 0.05) is 19.3 Å². The molecular formula is C8H10N4O. The quantitative estimate of drug-likeness (QED) is 0.512. The Morgan fingerprint density at radius 1 is 1.38 bits per heavy atom. The summed E-state index contributed by atoms with van der Waals surface area (Å²) in [6.07, 6.45) is 1.64. The second-order valence-electron chi connectivity index (χ2n) is 2.71. The van der Waals surface area contributed by atoms with E-state index in [4.69, 9.17) is 0 Å². The molecule has 68 valence electrons. The molecule has 0 spiro atoms. The molecule has 13 heavy (non-hydrogen) atoms. The number of fused-ring (bicyclic) bond motifs is 1. The lowest BCUT2D eigenvalue weighted by Crippen LogP contribution is -2.38. The molecule has 2 heterocycles. The first kappa shape index (κ1) is 8.00. The number of hydrogen-bond donors (Lipinski definition) is 3. The summed E-state index contributed by atoms with van der Waals surface area (Å²) in [5.74, 6) is 0.483. The van der Waals surface area contributed by atoms with Crippen LogP contribution >= 0.6 is 0 Å². The van der Waals surface area contributed by atoms with Gasteiger partial charge in [0.05, 0.1) is 5.56 Å². The molecule has 0 radical (unpaired) electrons. The van der Waals surface area contributed by atoms with Crippen LogP contribution in [0.5, 0.6) is 0 Å². The third kappa shape index (κ3) is 1.59. The first-order valence-electron chi connectivity index (χ1n) is 4.10. The zero-order chi connectivity index (χ0) is 9.10. The molecule has 3 N–H and O–H groups in total.